The molecule has 0 N–H and O–H groups in total. The molecule has 0 amide bonds. The van der Waals surface area contributed by atoms with Gasteiger partial charge in [0, 0.05) is 12.1 Å². The Labute approximate surface area is 150 Å². The SMILES string of the molecule is CC1CCC(C2CCC(C(F)(F)Oc3cc(F)c(F)c(F)c3)CC2)CC1. The van der Waals surface area contributed by atoms with Crippen LogP contribution in [-0.4, -0.2) is 6.11 Å². The first kappa shape index (κ1) is 19.4. The van der Waals surface area contributed by atoms with Crippen molar-refractivity contribution in [3.05, 3.63) is 29.6 Å². The Morgan fingerprint density at radius 1 is 0.808 bits per heavy atom. The summed E-state index contributed by atoms with van der Waals surface area (Å²) in [6.45, 7) is 2.26. The fourth-order valence-electron chi connectivity index (χ4n) is 4.52. The van der Waals surface area contributed by atoms with Crippen molar-refractivity contribution in [1.82, 2.24) is 0 Å². The Morgan fingerprint density at radius 3 is 1.77 bits per heavy atom. The van der Waals surface area contributed by atoms with E-state index in [-0.39, 0.29) is 0 Å². The first-order valence-electron chi connectivity index (χ1n) is 9.47. The topological polar surface area (TPSA) is 9.23 Å². The fraction of sp³-hybridized carbons (Fsp3) is 0.700. The van der Waals surface area contributed by atoms with Crippen LogP contribution in [0.2, 0.25) is 0 Å². The lowest BCUT2D eigenvalue weighted by atomic mass is 9.69. The summed E-state index contributed by atoms with van der Waals surface area (Å²) in [5.41, 5.74) is 0. The molecule has 0 saturated heterocycles. The zero-order valence-corrected chi connectivity index (χ0v) is 14.9. The molecule has 146 valence electrons. The molecule has 6 heteroatoms. The summed E-state index contributed by atoms with van der Waals surface area (Å²) in [7, 11) is 0. The molecule has 2 saturated carbocycles. The van der Waals surface area contributed by atoms with Crippen molar-refractivity contribution >= 4 is 0 Å². The summed E-state index contributed by atoms with van der Waals surface area (Å²) in [5, 5.41) is 0. The van der Waals surface area contributed by atoms with Crippen LogP contribution in [0.5, 0.6) is 5.75 Å². The molecule has 2 aliphatic carbocycles. The van der Waals surface area contributed by atoms with E-state index >= 15 is 0 Å². The third-order valence-electron chi connectivity index (χ3n) is 6.19. The monoisotopic (exact) mass is 376 g/mol. The molecule has 0 heterocycles. The summed E-state index contributed by atoms with van der Waals surface area (Å²) in [4.78, 5) is 0. The Bertz CT molecular complexity index is 594. The van der Waals surface area contributed by atoms with E-state index in [1.165, 1.54) is 25.7 Å². The van der Waals surface area contributed by atoms with Crippen molar-refractivity contribution in [2.45, 2.75) is 64.4 Å². The molecule has 0 bridgehead atoms. The molecule has 0 aliphatic heterocycles. The lowest BCUT2D eigenvalue weighted by Crippen LogP contribution is -2.38. The quantitative estimate of drug-likeness (QED) is 0.419. The third-order valence-corrected chi connectivity index (χ3v) is 6.19. The van der Waals surface area contributed by atoms with E-state index in [0.717, 1.165) is 18.8 Å². The molecule has 0 spiro atoms. The van der Waals surface area contributed by atoms with Crippen molar-refractivity contribution in [3.8, 4) is 5.75 Å². The maximum atomic E-state index is 14.4. The van der Waals surface area contributed by atoms with Crippen molar-refractivity contribution in [1.29, 1.82) is 0 Å². The molecule has 2 aliphatic rings. The van der Waals surface area contributed by atoms with Gasteiger partial charge in [-0.1, -0.05) is 19.8 Å². The van der Waals surface area contributed by atoms with Crippen LogP contribution in [0.4, 0.5) is 22.0 Å². The van der Waals surface area contributed by atoms with E-state index in [0.29, 0.717) is 36.8 Å². The molecule has 0 aromatic heterocycles. The lowest BCUT2D eigenvalue weighted by molar-refractivity contribution is -0.224. The Kier molecular flexibility index (Phi) is 5.78. The minimum atomic E-state index is -3.53. The standard InChI is InChI=1S/C20H25F5O/c1-12-2-4-13(5-3-12)14-6-8-15(9-7-14)20(24,25)26-16-10-17(21)19(23)18(22)11-16/h10-15H,2-9H2,1H3. The molecule has 1 aromatic carbocycles. The molecule has 0 radical (unpaired) electrons. The predicted molar refractivity (Wildman–Crippen MR) is 88.5 cm³/mol. The van der Waals surface area contributed by atoms with Crippen LogP contribution in [0.15, 0.2) is 12.1 Å². The summed E-state index contributed by atoms with van der Waals surface area (Å²) < 4.78 is 72.8. The normalized spacial score (nSPS) is 30.2. The number of alkyl halides is 2. The second-order valence-corrected chi connectivity index (χ2v) is 8.00. The van der Waals surface area contributed by atoms with Crippen LogP contribution in [0, 0.1) is 41.1 Å². The molecule has 1 nitrogen and oxygen atoms in total. The molecule has 0 atom stereocenters. The molecule has 1 aromatic rings. The van der Waals surface area contributed by atoms with Gasteiger partial charge < -0.3 is 4.74 Å². The van der Waals surface area contributed by atoms with Gasteiger partial charge in [0.1, 0.15) is 5.75 Å². The van der Waals surface area contributed by atoms with Crippen LogP contribution >= 0.6 is 0 Å². The van der Waals surface area contributed by atoms with Crippen LogP contribution in [0.25, 0.3) is 0 Å². The lowest BCUT2D eigenvalue weighted by Gasteiger charge is -2.38. The Morgan fingerprint density at radius 2 is 1.27 bits per heavy atom. The molecular weight excluding hydrogens is 351 g/mol. The summed E-state index contributed by atoms with van der Waals surface area (Å²) >= 11 is 0. The third kappa shape index (κ3) is 4.32. The molecule has 0 unspecified atom stereocenters. The van der Waals surface area contributed by atoms with Crippen LogP contribution in [0.3, 0.4) is 0 Å². The van der Waals surface area contributed by atoms with E-state index < -0.39 is 35.2 Å². The summed E-state index contributed by atoms with van der Waals surface area (Å²) in [6, 6.07) is 0.919. The predicted octanol–water partition coefficient (Wildman–Crippen LogP) is 6.71. The highest BCUT2D eigenvalue weighted by Crippen LogP contribution is 2.45. The minimum absolute atomic E-state index is 0.329. The Hall–Kier alpha value is -1.33. The molecule has 3 rings (SSSR count). The highest BCUT2D eigenvalue weighted by molar-refractivity contribution is 5.25. The first-order chi connectivity index (χ1) is 12.3. The fourth-order valence-corrected chi connectivity index (χ4v) is 4.52. The van der Waals surface area contributed by atoms with Crippen molar-refractivity contribution in [2.24, 2.45) is 23.7 Å². The zero-order valence-electron chi connectivity index (χ0n) is 14.9. The second-order valence-electron chi connectivity index (χ2n) is 8.00. The first-order valence-corrected chi connectivity index (χ1v) is 9.47. The maximum absolute atomic E-state index is 14.4. The van der Waals surface area contributed by atoms with Gasteiger partial charge in [-0.15, -0.1) is 0 Å². The van der Waals surface area contributed by atoms with Gasteiger partial charge in [0.25, 0.3) is 0 Å². The van der Waals surface area contributed by atoms with Crippen molar-refractivity contribution < 1.29 is 26.7 Å². The zero-order chi connectivity index (χ0) is 18.9. The molecule has 26 heavy (non-hydrogen) atoms. The average Bonchev–Trinajstić information content (AvgIpc) is 2.60. The van der Waals surface area contributed by atoms with Gasteiger partial charge in [-0.25, -0.2) is 13.2 Å². The molecular formula is C20H25F5O. The number of benzene rings is 1. The maximum Gasteiger partial charge on any atom is 0.400 e. The second kappa shape index (κ2) is 7.73. The number of ether oxygens (including phenoxy) is 1. The minimum Gasteiger partial charge on any atom is -0.432 e. The number of rotatable bonds is 4. The van der Waals surface area contributed by atoms with Gasteiger partial charge in [-0.2, -0.15) is 8.78 Å². The van der Waals surface area contributed by atoms with Gasteiger partial charge in [0.15, 0.2) is 17.5 Å². The van der Waals surface area contributed by atoms with Gasteiger partial charge in [-0.05, 0) is 56.3 Å². The van der Waals surface area contributed by atoms with Crippen LogP contribution in [-0.2, 0) is 0 Å². The van der Waals surface area contributed by atoms with Crippen LogP contribution < -0.4 is 4.74 Å². The van der Waals surface area contributed by atoms with E-state index in [2.05, 4.69) is 11.7 Å². The van der Waals surface area contributed by atoms with Crippen molar-refractivity contribution in [2.75, 3.05) is 0 Å². The van der Waals surface area contributed by atoms with E-state index in [1.54, 1.807) is 0 Å². The van der Waals surface area contributed by atoms with Gasteiger partial charge in [0.05, 0.1) is 5.92 Å². The largest absolute Gasteiger partial charge is 0.432 e. The molecule has 2 fully saturated rings. The average molecular weight is 376 g/mol. The summed E-state index contributed by atoms with van der Waals surface area (Å²) in [6.07, 6.45) is 3.38. The smallest absolute Gasteiger partial charge is 0.400 e. The van der Waals surface area contributed by atoms with Gasteiger partial charge in [-0.3, -0.25) is 0 Å². The number of hydrogen-bond acceptors (Lipinski definition) is 1. The Balaban J connectivity index is 1.57. The number of hydrogen-bond donors (Lipinski definition) is 0. The number of halogens is 5. The highest BCUT2D eigenvalue weighted by Gasteiger charge is 2.45. The van der Waals surface area contributed by atoms with Gasteiger partial charge >= 0.3 is 6.11 Å². The summed E-state index contributed by atoms with van der Waals surface area (Å²) in [5.74, 6) is -4.57. The van der Waals surface area contributed by atoms with Gasteiger partial charge in [0.2, 0.25) is 0 Å². The van der Waals surface area contributed by atoms with E-state index in [9.17, 15) is 22.0 Å². The van der Waals surface area contributed by atoms with E-state index in [1.807, 2.05) is 0 Å². The van der Waals surface area contributed by atoms with Crippen LogP contribution in [0.1, 0.15) is 58.3 Å². The van der Waals surface area contributed by atoms with Crippen molar-refractivity contribution in [3.63, 3.8) is 0 Å². The van der Waals surface area contributed by atoms with E-state index in [4.69, 9.17) is 0 Å². The highest BCUT2D eigenvalue weighted by atomic mass is 19.3.